The van der Waals surface area contributed by atoms with Crippen LogP contribution < -0.4 is 11.1 Å². The minimum atomic E-state index is 0.273. The molecule has 1 atom stereocenters. The van der Waals surface area contributed by atoms with Crippen LogP contribution in [0.1, 0.15) is 51.0 Å². The number of nitrogens with one attached hydrogen (secondary N) is 1. The zero-order valence-corrected chi connectivity index (χ0v) is 11.3. The zero-order valence-electron chi connectivity index (χ0n) is 11.3. The van der Waals surface area contributed by atoms with E-state index in [1.807, 2.05) is 19.9 Å². The van der Waals surface area contributed by atoms with Gasteiger partial charge in [-0.25, -0.2) is 9.97 Å². The minimum Gasteiger partial charge on any atom is -0.370 e. The molecule has 0 aliphatic carbocycles. The first-order valence-corrected chi connectivity index (χ1v) is 6.34. The molecule has 1 aromatic heterocycles. The summed E-state index contributed by atoms with van der Waals surface area (Å²) in [5.74, 6) is 2.19. The van der Waals surface area contributed by atoms with Crippen molar-refractivity contribution in [3.63, 3.8) is 0 Å². The molecule has 4 heteroatoms. The standard InChI is InChI=1S/C13H24N4/c1-9(2)13-16-11(4)8-12(17-13)15-7-5-6-10(3)14/h8-10H,5-7,14H2,1-4H3,(H,15,16,17). The van der Waals surface area contributed by atoms with Crippen molar-refractivity contribution >= 4 is 5.82 Å². The Morgan fingerprint density at radius 3 is 2.59 bits per heavy atom. The van der Waals surface area contributed by atoms with Gasteiger partial charge in [-0.1, -0.05) is 13.8 Å². The maximum absolute atomic E-state index is 5.71. The molecule has 1 unspecified atom stereocenters. The number of hydrogen-bond donors (Lipinski definition) is 2. The maximum atomic E-state index is 5.71. The Balaban J connectivity index is 2.53. The van der Waals surface area contributed by atoms with E-state index in [1.165, 1.54) is 0 Å². The van der Waals surface area contributed by atoms with Gasteiger partial charge in [-0.15, -0.1) is 0 Å². The lowest BCUT2D eigenvalue weighted by atomic mass is 10.2. The summed E-state index contributed by atoms with van der Waals surface area (Å²) in [5.41, 5.74) is 6.72. The zero-order chi connectivity index (χ0) is 12.8. The van der Waals surface area contributed by atoms with Crippen molar-refractivity contribution in [1.82, 2.24) is 9.97 Å². The number of aryl methyl sites for hydroxylation is 1. The van der Waals surface area contributed by atoms with E-state index >= 15 is 0 Å². The van der Waals surface area contributed by atoms with Crippen LogP contribution in [0.25, 0.3) is 0 Å². The largest absolute Gasteiger partial charge is 0.370 e. The van der Waals surface area contributed by atoms with Crippen molar-refractivity contribution in [1.29, 1.82) is 0 Å². The van der Waals surface area contributed by atoms with Gasteiger partial charge in [0.05, 0.1) is 0 Å². The smallest absolute Gasteiger partial charge is 0.133 e. The first kappa shape index (κ1) is 13.9. The molecule has 0 bridgehead atoms. The Bertz CT molecular complexity index is 347. The Morgan fingerprint density at radius 1 is 1.29 bits per heavy atom. The van der Waals surface area contributed by atoms with Crippen LogP contribution in [0.4, 0.5) is 5.82 Å². The molecule has 1 rings (SSSR count). The third-order valence-electron chi connectivity index (χ3n) is 2.53. The first-order valence-electron chi connectivity index (χ1n) is 6.34. The van der Waals surface area contributed by atoms with Gasteiger partial charge >= 0.3 is 0 Å². The summed E-state index contributed by atoms with van der Waals surface area (Å²) in [6.45, 7) is 9.16. The number of nitrogens with two attached hydrogens (primary N) is 1. The molecule has 1 heterocycles. The van der Waals surface area contributed by atoms with Crippen LogP contribution in [0, 0.1) is 6.92 Å². The molecular formula is C13H24N4. The Kier molecular flexibility index (Phi) is 5.35. The van der Waals surface area contributed by atoms with Crippen molar-refractivity contribution in [2.24, 2.45) is 5.73 Å². The Morgan fingerprint density at radius 2 is 2.00 bits per heavy atom. The van der Waals surface area contributed by atoms with E-state index in [1.54, 1.807) is 0 Å². The normalized spacial score (nSPS) is 12.8. The monoisotopic (exact) mass is 236 g/mol. The van der Waals surface area contributed by atoms with Crippen LogP contribution in [-0.4, -0.2) is 22.6 Å². The van der Waals surface area contributed by atoms with Gasteiger partial charge < -0.3 is 11.1 Å². The highest BCUT2D eigenvalue weighted by Gasteiger charge is 2.05. The fourth-order valence-electron chi connectivity index (χ4n) is 1.58. The van der Waals surface area contributed by atoms with Crippen LogP contribution in [0.3, 0.4) is 0 Å². The van der Waals surface area contributed by atoms with E-state index in [-0.39, 0.29) is 6.04 Å². The average Bonchev–Trinajstić information content (AvgIpc) is 2.23. The van der Waals surface area contributed by atoms with Gasteiger partial charge in [0.1, 0.15) is 11.6 Å². The second-order valence-corrected chi connectivity index (χ2v) is 4.95. The molecule has 0 amide bonds. The summed E-state index contributed by atoms with van der Waals surface area (Å²) < 4.78 is 0. The van der Waals surface area contributed by atoms with Crippen molar-refractivity contribution < 1.29 is 0 Å². The van der Waals surface area contributed by atoms with E-state index in [0.29, 0.717) is 5.92 Å². The highest BCUT2D eigenvalue weighted by Crippen LogP contribution is 2.13. The van der Waals surface area contributed by atoms with E-state index in [0.717, 1.165) is 36.7 Å². The maximum Gasteiger partial charge on any atom is 0.133 e. The van der Waals surface area contributed by atoms with Gasteiger partial charge in [0.2, 0.25) is 0 Å². The SMILES string of the molecule is Cc1cc(NCCCC(C)N)nc(C(C)C)n1. The quantitative estimate of drug-likeness (QED) is 0.745. The number of nitrogens with zero attached hydrogens (tertiary/aromatic N) is 2. The van der Waals surface area contributed by atoms with Crippen molar-refractivity contribution in [3.8, 4) is 0 Å². The van der Waals surface area contributed by atoms with E-state index < -0.39 is 0 Å². The fraction of sp³-hybridized carbons (Fsp3) is 0.692. The first-order chi connectivity index (χ1) is 7.99. The van der Waals surface area contributed by atoms with E-state index in [2.05, 4.69) is 29.1 Å². The molecule has 1 aromatic rings. The molecule has 4 nitrogen and oxygen atoms in total. The molecule has 0 saturated heterocycles. The molecule has 0 fully saturated rings. The molecule has 0 saturated carbocycles. The van der Waals surface area contributed by atoms with Gasteiger partial charge in [0, 0.05) is 30.3 Å². The highest BCUT2D eigenvalue weighted by atomic mass is 15.0. The number of anilines is 1. The second-order valence-electron chi connectivity index (χ2n) is 4.95. The van der Waals surface area contributed by atoms with Gasteiger partial charge in [-0.2, -0.15) is 0 Å². The van der Waals surface area contributed by atoms with Crippen molar-refractivity contribution in [2.45, 2.75) is 52.5 Å². The second kappa shape index (κ2) is 6.55. The van der Waals surface area contributed by atoms with Gasteiger partial charge in [-0.3, -0.25) is 0 Å². The lowest BCUT2D eigenvalue weighted by Crippen LogP contribution is -2.16. The predicted octanol–water partition coefficient (Wildman–Crippen LogP) is 2.45. The van der Waals surface area contributed by atoms with Crippen molar-refractivity contribution in [3.05, 3.63) is 17.6 Å². The Hall–Kier alpha value is -1.16. The average molecular weight is 236 g/mol. The van der Waals surface area contributed by atoms with E-state index in [9.17, 15) is 0 Å². The number of rotatable bonds is 6. The fourth-order valence-corrected chi connectivity index (χ4v) is 1.58. The summed E-state index contributed by atoms with van der Waals surface area (Å²) in [6, 6.07) is 2.26. The molecule has 0 aromatic carbocycles. The molecule has 0 aliphatic heterocycles. The van der Waals surface area contributed by atoms with Crippen LogP contribution in [0.15, 0.2) is 6.07 Å². The molecule has 3 N–H and O–H groups in total. The third kappa shape index (κ3) is 5.13. The van der Waals surface area contributed by atoms with Gasteiger partial charge in [0.15, 0.2) is 0 Å². The molecule has 0 aliphatic rings. The molecule has 96 valence electrons. The molecule has 0 radical (unpaired) electrons. The van der Waals surface area contributed by atoms with Crippen LogP contribution >= 0.6 is 0 Å². The van der Waals surface area contributed by atoms with E-state index in [4.69, 9.17) is 5.73 Å². The molecule has 0 spiro atoms. The number of aromatic nitrogens is 2. The van der Waals surface area contributed by atoms with Gasteiger partial charge in [0.25, 0.3) is 0 Å². The molecular weight excluding hydrogens is 212 g/mol. The highest BCUT2D eigenvalue weighted by molar-refractivity contribution is 5.36. The predicted molar refractivity (Wildman–Crippen MR) is 72.2 cm³/mol. The van der Waals surface area contributed by atoms with Crippen LogP contribution in [-0.2, 0) is 0 Å². The van der Waals surface area contributed by atoms with Crippen LogP contribution in [0.5, 0.6) is 0 Å². The molecule has 17 heavy (non-hydrogen) atoms. The Labute approximate surface area is 104 Å². The summed E-state index contributed by atoms with van der Waals surface area (Å²) in [4.78, 5) is 8.91. The number of hydrogen-bond acceptors (Lipinski definition) is 4. The minimum absolute atomic E-state index is 0.273. The summed E-state index contributed by atoms with van der Waals surface area (Å²) in [6.07, 6.45) is 2.10. The summed E-state index contributed by atoms with van der Waals surface area (Å²) >= 11 is 0. The third-order valence-corrected chi connectivity index (χ3v) is 2.53. The van der Waals surface area contributed by atoms with Crippen LogP contribution in [0.2, 0.25) is 0 Å². The summed E-state index contributed by atoms with van der Waals surface area (Å²) in [7, 11) is 0. The van der Waals surface area contributed by atoms with Crippen molar-refractivity contribution in [2.75, 3.05) is 11.9 Å². The lowest BCUT2D eigenvalue weighted by molar-refractivity contribution is 0.638. The topological polar surface area (TPSA) is 63.8 Å². The summed E-state index contributed by atoms with van der Waals surface area (Å²) in [5, 5.41) is 3.33. The van der Waals surface area contributed by atoms with Gasteiger partial charge in [-0.05, 0) is 26.7 Å². The lowest BCUT2D eigenvalue weighted by Gasteiger charge is -2.10.